The number of methoxy groups -OCH3 is 1. The predicted molar refractivity (Wildman–Crippen MR) is 268 cm³/mol. The van der Waals surface area contributed by atoms with E-state index in [1.807, 2.05) is 98.7 Å². The lowest BCUT2D eigenvalue weighted by molar-refractivity contribution is 0.338. The van der Waals surface area contributed by atoms with Gasteiger partial charge in [-0.2, -0.15) is 0 Å². The van der Waals surface area contributed by atoms with Crippen molar-refractivity contribution in [3.05, 3.63) is 250 Å². The summed E-state index contributed by atoms with van der Waals surface area (Å²) in [5.74, 6) is 0. The fraction of sp³-hybridized carbons (Fsp3) is 0.236. The summed E-state index contributed by atoms with van der Waals surface area (Å²) >= 11 is 0. The van der Waals surface area contributed by atoms with Gasteiger partial charge in [-0.1, -0.05) is 238 Å². The van der Waals surface area contributed by atoms with Gasteiger partial charge in [-0.05, 0) is 94.2 Å². The molecule has 0 amide bonds. The summed E-state index contributed by atoms with van der Waals surface area (Å²) in [7, 11) is 1.61. The second-order valence-corrected chi connectivity index (χ2v) is 12.6. The van der Waals surface area contributed by atoms with Gasteiger partial charge >= 0.3 is 0 Å². The number of benzene rings is 1. The van der Waals surface area contributed by atoms with Gasteiger partial charge in [0.2, 0.25) is 0 Å². The van der Waals surface area contributed by atoms with Crippen LogP contribution in [-0.4, -0.2) is 7.11 Å². The second-order valence-electron chi connectivity index (χ2n) is 12.6. The molecule has 1 aliphatic carbocycles. The van der Waals surface area contributed by atoms with Gasteiger partial charge in [-0.15, -0.1) is 0 Å². The van der Waals surface area contributed by atoms with Gasteiger partial charge < -0.3 is 4.74 Å². The molecule has 0 saturated heterocycles. The molecule has 1 aromatic rings. The summed E-state index contributed by atoms with van der Waals surface area (Å²) in [5.41, 5.74) is 11.0. The lowest BCUT2D eigenvalue weighted by Crippen LogP contribution is -1.68. The summed E-state index contributed by atoms with van der Waals surface area (Å²) in [6.45, 7) is 64.5. The van der Waals surface area contributed by atoms with Crippen molar-refractivity contribution in [3.8, 4) is 0 Å². The fourth-order valence-electron chi connectivity index (χ4n) is 2.16. The van der Waals surface area contributed by atoms with E-state index >= 15 is 0 Å². The molecular weight excluding hydrogens is 677 g/mol. The molecule has 1 aromatic carbocycles. The number of hydrogen-bond acceptors (Lipinski definition) is 1. The maximum atomic E-state index is 4.61. The summed E-state index contributed by atoms with van der Waals surface area (Å²) < 4.78 is 4.61. The Bertz CT molecular complexity index is 1420. The number of rotatable bonds is 10. The van der Waals surface area contributed by atoms with Crippen LogP contribution in [-0.2, 0) is 4.74 Å². The van der Waals surface area contributed by atoms with Crippen LogP contribution in [0.3, 0.4) is 0 Å². The predicted octanol–water partition coefficient (Wildman–Crippen LogP) is 18.2. The zero-order chi connectivity index (χ0) is 45.3. The smallest absolute Gasteiger partial charge is 0.0827 e. The number of ether oxygens (including phenoxy) is 1. The van der Waals surface area contributed by atoms with E-state index in [9.17, 15) is 0 Å². The standard InChI is InChI=1S/C11H12.C7H12.C6H10O.2C6H10.C5H6.2C5H8.C4H6/c1-10(2)8-9-11-6-4-3-5-7-11;1-6(2)5-7(3)4;1-6(2)4-5-7-3;1-5(2)6(3)4;1-4-5-6(2)3;1-2-4-5-3-1;2*1-4-5(2)3;1-3-4-2/h3-9H,1H2,2H3;5H,1H2,2-4H3;4-5H,1H2,2-3H3;1,3H2,2,4H3;4-5H,2H2,1,3H3;1-4H,5H2;2*4H,1-2H2,3H3;3-4H,1-2H2/b9-8+;;5-4+;;5-4+;;;;. The summed E-state index contributed by atoms with van der Waals surface area (Å²) in [6.07, 6.45) is 29.7. The highest BCUT2D eigenvalue weighted by Crippen LogP contribution is 2.03. The zero-order valence-corrected chi connectivity index (χ0v) is 38.1. The molecule has 0 heterocycles. The molecule has 0 atom stereocenters. The summed E-state index contributed by atoms with van der Waals surface area (Å²) in [6, 6.07) is 10.2. The molecule has 0 spiro atoms. The lowest BCUT2D eigenvalue weighted by Gasteiger charge is -1.90. The van der Waals surface area contributed by atoms with Crippen molar-refractivity contribution in [2.45, 2.75) is 82.6 Å². The molecule has 0 aromatic heterocycles. The minimum absolute atomic E-state index is 1.00. The first-order valence-corrected chi connectivity index (χ1v) is 18.3. The van der Waals surface area contributed by atoms with E-state index in [4.69, 9.17) is 0 Å². The third kappa shape index (κ3) is 104. The zero-order valence-electron chi connectivity index (χ0n) is 38.1. The maximum Gasteiger partial charge on any atom is 0.0827 e. The molecule has 0 radical (unpaired) electrons. The van der Waals surface area contributed by atoms with E-state index in [-0.39, 0.29) is 0 Å². The molecule has 0 saturated carbocycles. The highest BCUT2D eigenvalue weighted by molar-refractivity contribution is 5.51. The monoisotopic (exact) mass is 759 g/mol. The van der Waals surface area contributed by atoms with E-state index in [1.165, 1.54) is 11.1 Å². The van der Waals surface area contributed by atoms with Crippen LogP contribution in [0.1, 0.15) is 88.1 Å². The van der Waals surface area contributed by atoms with Crippen LogP contribution in [0.25, 0.3) is 6.08 Å². The topological polar surface area (TPSA) is 9.23 Å². The van der Waals surface area contributed by atoms with Crippen LogP contribution < -0.4 is 0 Å². The van der Waals surface area contributed by atoms with Crippen molar-refractivity contribution >= 4 is 6.08 Å². The van der Waals surface area contributed by atoms with Gasteiger partial charge in [0.05, 0.1) is 13.4 Å². The first-order chi connectivity index (χ1) is 26.1. The van der Waals surface area contributed by atoms with Crippen molar-refractivity contribution in [1.82, 2.24) is 0 Å². The van der Waals surface area contributed by atoms with E-state index in [1.54, 1.807) is 43.8 Å². The molecule has 1 nitrogen and oxygen atoms in total. The van der Waals surface area contributed by atoms with Crippen molar-refractivity contribution < 1.29 is 4.74 Å². The van der Waals surface area contributed by atoms with E-state index in [0.717, 1.165) is 51.0 Å². The SMILES string of the molecule is C1=CCC=C1.C=C(C)/C=C/C.C=C(C)/C=C/OC.C=C(C)/C=C/c1ccccc1.C=C(C)C(=C)C.C=C(C)C=C(C)C.C=CC(=C)C.C=CC(=C)C.C=CC=C. The van der Waals surface area contributed by atoms with Crippen LogP contribution in [0.15, 0.2) is 245 Å². The molecule has 56 heavy (non-hydrogen) atoms. The van der Waals surface area contributed by atoms with Crippen LogP contribution >= 0.6 is 0 Å². The first kappa shape index (κ1) is 65.2. The van der Waals surface area contributed by atoms with Crippen LogP contribution in [0.4, 0.5) is 0 Å². The molecule has 0 N–H and O–H groups in total. The van der Waals surface area contributed by atoms with Gasteiger partial charge in [0.1, 0.15) is 0 Å². The number of hydrogen-bond donors (Lipinski definition) is 0. The van der Waals surface area contributed by atoms with E-state index < -0.39 is 0 Å². The summed E-state index contributed by atoms with van der Waals surface area (Å²) in [5, 5.41) is 0. The molecule has 1 heteroatoms. The van der Waals surface area contributed by atoms with Crippen molar-refractivity contribution in [1.29, 1.82) is 0 Å². The average Bonchev–Trinajstić information content (AvgIpc) is 3.72. The van der Waals surface area contributed by atoms with Gasteiger partial charge in [0.15, 0.2) is 0 Å². The largest absolute Gasteiger partial charge is 0.504 e. The van der Waals surface area contributed by atoms with Crippen LogP contribution in [0, 0.1) is 0 Å². The normalized spacial score (nSPS) is 9.14. The quantitative estimate of drug-likeness (QED) is 0.171. The molecule has 308 valence electrons. The Hall–Kier alpha value is -5.66. The lowest BCUT2D eigenvalue weighted by atomic mass is 10.2. The van der Waals surface area contributed by atoms with Gasteiger partial charge in [-0.3, -0.25) is 0 Å². The number of allylic oxidation sites excluding steroid dienone is 22. The van der Waals surface area contributed by atoms with Crippen molar-refractivity contribution in [3.63, 3.8) is 0 Å². The Balaban J connectivity index is -0.0000000982. The Morgan fingerprint density at radius 1 is 0.536 bits per heavy atom. The third-order valence-corrected chi connectivity index (χ3v) is 5.08. The van der Waals surface area contributed by atoms with Crippen molar-refractivity contribution in [2.24, 2.45) is 0 Å². The molecule has 0 aliphatic heterocycles. The van der Waals surface area contributed by atoms with Crippen LogP contribution in [0.2, 0.25) is 0 Å². The van der Waals surface area contributed by atoms with Crippen LogP contribution in [0.5, 0.6) is 0 Å². The first-order valence-electron chi connectivity index (χ1n) is 18.3. The highest BCUT2D eigenvalue weighted by Gasteiger charge is 1.81. The Morgan fingerprint density at radius 3 is 1.05 bits per heavy atom. The van der Waals surface area contributed by atoms with E-state index in [0.29, 0.717) is 0 Å². The molecule has 1 aliphatic rings. The molecular formula is C55H82O. The average molecular weight is 759 g/mol. The summed E-state index contributed by atoms with van der Waals surface area (Å²) in [4.78, 5) is 0. The molecule has 0 unspecified atom stereocenters. The maximum absolute atomic E-state index is 4.61. The minimum atomic E-state index is 1.00. The fourth-order valence-corrected chi connectivity index (χ4v) is 2.16. The Kier molecular flexibility index (Phi) is 62.6. The Labute approximate surface area is 349 Å². The molecule has 2 rings (SSSR count). The third-order valence-electron chi connectivity index (χ3n) is 5.08. The second kappa shape index (κ2) is 53.7. The molecule has 0 fully saturated rings. The van der Waals surface area contributed by atoms with Crippen molar-refractivity contribution in [2.75, 3.05) is 7.11 Å². The Morgan fingerprint density at radius 2 is 0.911 bits per heavy atom. The van der Waals surface area contributed by atoms with E-state index in [2.05, 4.69) is 146 Å². The van der Waals surface area contributed by atoms with Gasteiger partial charge in [0.25, 0.3) is 0 Å². The van der Waals surface area contributed by atoms with Gasteiger partial charge in [-0.25, -0.2) is 0 Å². The minimum Gasteiger partial charge on any atom is -0.504 e. The van der Waals surface area contributed by atoms with Gasteiger partial charge in [0, 0.05) is 0 Å². The highest BCUT2D eigenvalue weighted by atomic mass is 16.5. The molecule has 0 bridgehead atoms.